The molecule has 5 rings (SSSR count). The van der Waals surface area contributed by atoms with Gasteiger partial charge in [-0.2, -0.15) is 0 Å². The van der Waals surface area contributed by atoms with E-state index >= 15 is 0 Å². The van der Waals surface area contributed by atoms with Gasteiger partial charge in [-0.05, 0) is 19.8 Å². The molecule has 4 aromatic rings. The van der Waals surface area contributed by atoms with E-state index in [4.69, 9.17) is 8.94 Å². The van der Waals surface area contributed by atoms with E-state index in [2.05, 4.69) is 30.9 Å². The van der Waals surface area contributed by atoms with Gasteiger partial charge in [-0.15, -0.1) is 20.4 Å². The lowest BCUT2D eigenvalue weighted by molar-refractivity contribution is 0.399. The van der Waals surface area contributed by atoms with Crippen molar-refractivity contribution in [3.63, 3.8) is 0 Å². The predicted octanol–water partition coefficient (Wildman–Crippen LogP) is 5.59. The van der Waals surface area contributed by atoms with Gasteiger partial charge in [0.15, 0.2) is 4.34 Å². The van der Waals surface area contributed by atoms with Crippen molar-refractivity contribution in [1.82, 2.24) is 25.6 Å². The molecule has 31 heavy (non-hydrogen) atoms. The van der Waals surface area contributed by atoms with Crippen molar-refractivity contribution in [2.75, 3.05) is 5.32 Å². The van der Waals surface area contributed by atoms with Crippen LogP contribution in [0.2, 0.25) is 0 Å². The Morgan fingerprint density at radius 2 is 1.90 bits per heavy atom. The maximum Gasteiger partial charge on any atom is 0.253 e. The third-order valence-corrected chi connectivity index (χ3v) is 7.22. The summed E-state index contributed by atoms with van der Waals surface area (Å²) in [7, 11) is 0. The number of thioether (sulfide) groups is 1. The van der Waals surface area contributed by atoms with Gasteiger partial charge in [-0.25, -0.2) is 0 Å². The Morgan fingerprint density at radius 1 is 1.06 bits per heavy atom. The zero-order valence-corrected chi connectivity index (χ0v) is 18.7. The minimum absolute atomic E-state index is 0.408. The fourth-order valence-electron chi connectivity index (χ4n) is 3.70. The smallest absolute Gasteiger partial charge is 0.253 e. The first-order valence-corrected chi connectivity index (χ1v) is 12.1. The second kappa shape index (κ2) is 9.19. The van der Waals surface area contributed by atoms with Gasteiger partial charge >= 0.3 is 0 Å². The highest BCUT2D eigenvalue weighted by Gasteiger charge is 2.22. The molecule has 0 radical (unpaired) electrons. The minimum Gasteiger partial charge on any atom is -0.420 e. The summed E-state index contributed by atoms with van der Waals surface area (Å²) in [6.07, 6.45) is 6.33. The quantitative estimate of drug-likeness (QED) is 0.358. The molecule has 10 heteroatoms. The first-order chi connectivity index (χ1) is 15.3. The molecule has 3 heterocycles. The van der Waals surface area contributed by atoms with Gasteiger partial charge in [0.2, 0.25) is 11.0 Å². The molecule has 0 aliphatic heterocycles. The average molecular weight is 455 g/mol. The summed E-state index contributed by atoms with van der Waals surface area (Å²) in [4.78, 5) is 0. The standard InChI is InChI=1S/C21H22N6O2S2/c1-13-17(18(27-29-13)14-8-4-2-5-9-14)19-24-23-16(28-19)12-30-21-26-25-20(31-21)22-15-10-6-3-7-11-15/h2,4-5,8-9,15H,3,6-7,10-12H2,1H3,(H,22,25). The van der Waals surface area contributed by atoms with Crippen LogP contribution in [-0.2, 0) is 5.75 Å². The molecule has 0 spiro atoms. The Kier molecular flexibility index (Phi) is 5.99. The first kappa shape index (κ1) is 20.2. The van der Waals surface area contributed by atoms with E-state index in [1.807, 2.05) is 37.3 Å². The van der Waals surface area contributed by atoms with Gasteiger partial charge in [0.05, 0.1) is 5.75 Å². The third kappa shape index (κ3) is 4.64. The van der Waals surface area contributed by atoms with Crippen LogP contribution < -0.4 is 5.32 Å². The molecule has 0 bridgehead atoms. The SMILES string of the molecule is Cc1onc(-c2ccccc2)c1-c1nnc(CSc2nnc(NC3CCCCC3)s2)o1. The zero-order valence-electron chi connectivity index (χ0n) is 17.1. The molecule has 0 atom stereocenters. The molecule has 1 aromatic carbocycles. The number of nitrogens with one attached hydrogen (secondary N) is 1. The van der Waals surface area contributed by atoms with Crippen LogP contribution in [0.15, 0.2) is 43.6 Å². The molecule has 1 aliphatic rings. The van der Waals surface area contributed by atoms with E-state index in [0.717, 1.165) is 20.6 Å². The van der Waals surface area contributed by atoms with Gasteiger partial charge in [0.25, 0.3) is 5.89 Å². The summed E-state index contributed by atoms with van der Waals surface area (Å²) in [5.41, 5.74) is 2.36. The van der Waals surface area contributed by atoms with Crippen LogP contribution in [0.3, 0.4) is 0 Å². The van der Waals surface area contributed by atoms with Gasteiger partial charge in [-0.3, -0.25) is 0 Å². The van der Waals surface area contributed by atoms with Crippen molar-refractivity contribution in [1.29, 1.82) is 0 Å². The molecule has 1 fully saturated rings. The van der Waals surface area contributed by atoms with Crippen molar-refractivity contribution in [2.24, 2.45) is 0 Å². The number of aromatic nitrogens is 5. The van der Waals surface area contributed by atoms with Crippen LogP contribution in [0.5, 0.6) is 0 Å². The molecule has 8 nitrogen and oxygen atoms in total. The minimum atomic E-state index is 0.408. The molecule has 0 amide bonds. The van der Waals surface area contributed by atoms with Crippen LogP contribution in [0, 0.1) is 6.92 Å². The fourth-order valence-corrected chi connectivity index (χ4v) is 5.37. The van der Waals surface area contributed by atoms with Gasteiger partial charge < -0.3 is 14.3 Å². The van der Waals surface area contributed by atoms with Crippen molar-refractivity contribution >= 4 is 28.2 Å². The number of rotatable bonds is 7. The van der Waals surface area contributed by atoms with E-state index in [-0.39, 0.29) is 0 Å². The third-order valence-electron chi connectivity index (χ3n) is 5.25. The number of anilines is 1. The summed E-state index contributed by atoms with van der Waals surface area (Å²) in [5.74, 6) is 2.10. The second-order valence-electron chi connectivity index (χ2n) is 7.47. The molecule has 160 valence electrons. The molecular weight excluding hydrogens is 432 g/mol. The van der Waals surface area contributed by atoms with Crippen LogP contribution >= 0.6 is 23.1 Å². The number of hydrogen-bond acceptors (Lipinski definition) is 10. The molecule has 1 N–H and O–H groups in total. The molecule has 0 saturated heterocycles. The lowest BCUT2D eigenvalue weighted by Gasteiger charge is -2.21. The predicted molar refractivity (Wildman–Crippen MR) is 120 cm³/mol. The Bertz CT molecular complexity index is 1130. The van der Waals surface area contributed by atoms with Gasteiger partial charge in [0.1, 0.15) is 17.0 Å². The van der Waals surface area contributed by atoms with Crippen LogP contribution in [0.4, 0.5) is 5.13 Å². The highest BCUT2D eigenvalue weighted by molar-refractivity contribution is 8.00. The van der Waals surface area contributed by atoms with E-state index in [1.54, 1.807) is 23.1 Å². The van der Waals surface area contributed by atoms with Crippen molar-refractivity contribution in [2.45, 2.75) is 55.2 Å². The lowest BCUT2D eigenvalue weighted by atomic mass is 9.96. The molecule has 0 unspecified atom stereocenters. The maximum atomic E-state index is 5.92. The summed E-state index contributed by atoms with van der Waals surface area (Å²) < 4.78 is 12.2. The largest absolute Gasteiger partial charge is 0.420 e. The Hall–Kier alpha value is -2.72. The number of benzene rings is 1. The number of hydrogen-bond donors (Lipinski definition) is 1. The first-order valence-electron chi connectivity index (χ1n) is 10.3. The Labute approximate surface area is 187 Å². The Balaban J connectivity index is 1.25. The normalized spacial score (nSPS) is 14.7. The van der Waals surface area contributed by atoms with Crippen molar-refractivity contribution in [3.05, 3.63) is 42.0 Å². The molecular formula is C21H22N6O2S2. The van der Waals surface area contributed by atoms with E-state index in [9.17, 15) is 0 Å². The van der Waals surface area contributed by atoms with E-state index < -0.39 is 0 Å². The summed E-state index contributed by atoms with van der Waals surface area (Å²) in [6, 6.07) is 10.3. The average Bonchev–Trinajstić information content (AvgIpc) is 3.53. The summed E-state index contributed by atoms with van der Waals surface area (Å²) in [5, 5.41) is 25.6. The number of nitrogens with zero attached hydrogens (tertiary/aromatic N) is 5. The molecule has 3 aromatic heterocycles. The Morgan fingerprint density at radius 3 is 2.74 bits per heavy atom. The van der Waals surface area contributed by atoms with E-state index in [1.165, 1.54) is 32.1 Å². The van der Waals surface area contributed by atoms with Crippen LogP contribution in [0.25, 0.3) is 22.7 Å². The number of aryl methyl sites for hydroxylation is 1. The second-order valence-corrected chi connectivity index (χ2v) is 9.67. The van der Waals surface area contributed by atoms with Crippen LogP contribution in [0.1, 0.15) is 43.8 Å². The topological polar surface area (TPSA) is 103 Å². The zero-order chi connectivity index (χ0) is 21.0. The maximum absolute atomic E-state index is 5.92. The lowest BCUT2D eigenvalue weighted by Crippen LogP contribution is -2.21. The molecule has 1 saturated carbocycles. The monoisotopic (exact) mass is 454 g/mol. The highest BCUT2D eigenvalue weighted by atomic mass is 32.2. The van der Waals surface area contributed by atoms with Crippen molar-refractivity contribution in [3.8, 4) is 22.7 Å². The summed E-state index contributed by atoms with van der Waals surface area (Å²) >= 11 is 3.11. The van der Waals surface area contributed by atoms with Gasteiger partial charge in [0, 0.05) is 11.6 Å². The van der Waals surface area contributed by atoms with Crippen molar-refractivity contribution < 1.29 is 8.94 Å². The van der Waals surface area contributed by atoms with Crippen LogP contribution in [-0.4, -0.2) is 31.6 Å². The van der Waals surface area contributed by atoms with Gasteiger partial charge in [-0.1, -0.05) is 77.8 Å². The van der Waals surface area contributed by atoms with E-state index in [0.29, 0.717) is 35.0 Å². The fraction of sp³-hybridized carbons (Fsp3) is 0.381. The molecule has 1 aliphatic carbocycles. The highest BCUT2D eigenvalue weighted by Crippen LogP contribution is 2.35. The summed E-state index contributed by atoms with van der Waals surface area (Å²) in [6.45, 7) is 1.84.